The molecule has 2 atom stereocenters. The fourth-order valence-electron chi connectivity index (χ4n) is 5.00. The molecule has 1 saturated carbocycles. The van der Waals surface area contributed by atoms with Crippen LogP contribution in [0.2, 0.25) is 0 Å². The van der Waals surface area contributed by atoms with Crippen molar-refractivity contribution in [3.63, 3.8) is 0 Å². The quantitative estimate of drug-likeness (QED) is 0.614. The lowest BCUT2D eigenvalue weighted by Gasteiger charge is -2.33. The number of nitrogens with zero attached hydrogens (tertiary/aromatic N) is 2. The minimum Gasteiger partial charge on any atom is -0.397 e. The van der Waals surface area contributed by atoms with E-state index in [0.29, 0.717) is 29.1 Å². The molecule has 0 radical (unpaired) electrons. The highest BCUT2D eigenvalue weighted by Crippen LogP contribution is 2.38. The SMILES string of the molecule is Cc1ccc2c(N)c(C(=O)NCCc3ccc(N4CC5CCC(C5)C4)cc3F)sc2n1. The van der Waals surface area contributed by atoms with E-state index in [1.807, 2.05) is 31.2 Å². The molecule has 2 unspecified atom stereocenters. The Kier molecular flexibility index (Phi) is 5.30. The van der Waals surface area contributed by atoms with Gasteiger partial charge in [0.2, 0.25) is 0 Å². The summed E-state index contributed by atoms with van der Waals surface area (Å²) in [7, 11) is 0. The Balaban J connectivity index is 1.21. The van der Waals surface area contributed by atoms with Gasteiger partial charge in [-0.3, -0.25) is 4.79 Å². The number of rotatable bonds is 5. The number of carbonyl (C=O) groups excluding carboxylic acids is 1. The summed E-state index contributed by atoms with van der Waals surface area (Å²) in [6.45, 7) is 4.33. The minimum absolute atomic E-state index is 0.203. The number of benzene rings is 1. The number of pyridine rings is 1. The van der Waals surface area contributed by atoms with Gasteiger partial charge in [0.15, 0.2) is 0 Å². The number of aromatic nitrogens is 1. The van der Waals surface area contributed by atoms with Crippen molar-refractivity contribution in [3.8, 4) is 0 Å². The summed E-state index contributed by atoms with van der Waals surface area (Å²) >= 11 is 1.29. The molecule has 3 aromatic rings. The van der Waals surface area contributed by atoms with Crippen LogP contribution in [0, 0.1) is 24.6 Å². The second-order valence-corrected chi connectivity index (χ2v) is 9.88. The number of anilines is 2. The number of carbonyl (C=O) groups is 1. The van der Waals surface area contributed by atoms with Crippen molar-refractivity contribution in [2.75, 3.05) is 30.3 Å². The fourth-order valence-corrected chi connectivity index (χ4v) is 6.06. The third-order valence-corrected chi connectivity index (χ3v) is 7.74. The van der Waals surface area contributed by atoms with E-state index in [1.54, 1.807) is 6.07 Å². The molecule has 5 nitrogen and oxygen atoms in total. The molecule has 2 aromatic heterocycles. The van der Waals surface area contributed by atoms with Crippen molar-refractivity contribution in [1.29, 1.82) is 0 Å². The lowest BCUT2D eigenvalue weighted by molar-refractivity contribution is 0.0959. The van der Waals surface area contributed by atoms with Gasteiger partial charge in [0.05, 0.1) is 5.69 Å². The Bertz CT molecular complexity index is 1130. The molecule has 2 aliphatic rings. The number of aryl methyl sites for hydroxylation is 1. The molecule has 1 aromatic carbocycles. The van der Waals surface area contributed by atoms with Crippen molar-refractivity contribution < 1.29 is 9.18 Å². The van der Waals surface area contributed by atoms with Crippen LogP contribution in [0.15, 0.2) is 30.3 Å². The summed E-state index contributed by atoms with van der Waals surface area (Å²) < 4.78 is 14.7. The standard InChI is InChI=1S/C24H27FN4OS/c1-14-2-7-19-21(26)22(31-24(19)28-14)23(30)27-9-8-17-5-6-18(11-20(17)25)29-12-15-3-4-16(10-15)13-29/h2,5-7,11,15-16H,3-4,8-10,12-13,26H2,1H3,(H,27,30). The monoisotopic (exact) mass is 438 g/mol. The molecule has 7 heteroatoms. The summed E-state index contributed by atoms with van der Waals surface area (Å²) in [4.78, 5) is 20.6. The zero-order chi connectivity index (χ0) is 21.5. The molecule has 1 aliphatic carbocycles. The number of fused-ring (bicyclic) bond motifs is 3. The highest BCUT2D eigenvalue weighted by molar-refractivity contribution is 7.21. The Morgan fingerprint density at radius 2 is 2.03 bits per heavy atom. The number of hydrogen-bond acceptors (Lipinski definition) is 5. The Morgan fingerprint density at radius 3 is 2.77 bits per heavy atom. The maximum Gasteiger partial charge on any atom is 0.263 e. The number of nitrogen functional groups attached to an aromatic ring is 1. The summed E-state index contributed by atoms with van der Waals surface area (Å²) in [6.07, 6.45) is 4.38. The lowest BCUT2D eigenvalue weighted by atomic mass is 9.98. The van der Waals surface area contributed by atoms with E-state index in [-0.39, 0.29) is 11.7 Å². The van der Waals surface area contributed by atoms with Gasteiger partial charge in [0.25, 0.3) is 5.91 Å². The van der Waals surface area contributed by atoms with Crippen molar-refractivity contribution in [3.05, 3.63) is 52.3 Å². The number of hydrogen-bond donors (Lipinski definition) is 2. The van der Waals surface area contributed by atoms with Crippen molar-refractivity contribution >= 4 is 38.8 Å². The first-order chi connectivity index (χ1) is 15.0. The molecule has 3 N–H and O–H groups in total. The first-order valence-electron chi connectivity index (χ1n) is 10.9. The topological polar surface area (TPSA) is 71.2 Å². The number of amides is 1. The molecule has 31 heavy (non-hydrogen) atoms. The second kappa shape index (κ2) is 8.11. The Labute approximate surface area is 185 Å². The molecule has 3 heterocycles. The molecule has 1 aliphatic heterocycles. The molecule has 0 spiro atoms. The van der Waals surface area contributed by atoms with Crippen LogP contribution in [0.3, 0.4) is 0 Å². The summed E-state index contributed by atoms with van der Waals surface area (Å²) in [5, 5.41) is 3.68. The zero-order valence-electron chi connectivity index (χ0n) is 17.7. The second-order valence-electron chi connectivity index (χ2n) is 8.88. The minimum atomic E-state index is -0.237. The number of halogens is 1. The number of piperidine rings is 1. The van der Waals surface area contributed by atoms with Gasteiger partial charge in [-0.2, -0.15) is 0 Å². The highest BCUT2D eigenvalue weighted by Gasteiger charge is 2.33. The third kappa shape index (κ3) is 3.99. The maximum atomic E-state index is 14.7. The average molecular weight is 439 g/mol. The predicted octanol–water partition coefficient (Wildman–Crippen LogP) is 4.53. The molecule has 5 rings (SSSR count). The van der Waals surface area contributed by atoms with E-state index in [1.165, 1.54) is 30.6 Å². The highest BCUT2D eigenvalue weighted by atomic mass is 32.1. The van der Waals surface area contributed by atoms with Crippen LogP contribution in [0.4, 0.5) is 15.8 Å². The van der Waals surface area contributed by atoms with Crippen LogP contribution in [0.1, 0.15) is 40.2 Å². The van der Waals surface area contributed by atoms with E-state index in [0.717, 1.165) is 46.5 Å². The zero-order valence-corrected chi connectivity index (χ0v) is 18.5. The van der Waals surface area contributed by atoms with Crippen molar-refractivity contribution in [2.45, 2.75) is 32.6 Å². The molecule has 1 saturated heterocycles. The lowest BCUT2D eigenvalue weighted by Crippen LogP contribution is -2.36. The van der Waals surface area contributed by atoms with E-state index in [9.17, 15) is 9.18 Å². The molecule has 162 valence electrons. The Hall–Kier alpha value is -2.67. The fraction of sp³-hybridized carbons (Fsp3) is 0.417. The van der Waals surface area contributed by atoms with Gasteiger partial charge < -0.3 is 16.0 Å². The van der Waals surface area contributed by atoms with E-state index >= 15 is 0 Å². The van der Waals surface area contributed by atoms with E-state index in [2.05, 4.69) is 15.2 Å². The number of nitrogens with one attached hydrogen (secondary N) is 1. The smallest absolute Gasteiger partial charge is 0.263 e. The predicted molar refractivity (Wildman–Crippen MR) is 124 cm³/mol. The van der Waals surface area contributed by atoms with Gasteiger partial charge >= 0.3 is 0 Å². The number of nitrogens with two attached hydrogens (primary N) is 1. The van der Waals surface area contributed by atoms with Crippen LogP contribution in [-0.2, 0) is 6.42 Å². The van der Waals surface area contributed by atoms with Gasteiger partial charge in [-0.15, -0.1) is 11.3 Å². The summed E-state index contributed by atoms with van der Waals surface area (Å²) in [5.74, 6) is 1.08. The molecular weight excluding hydrogens is 411 g/mol. The van der Waals surface area contributed by atoms with Gasteiger partial charge in [-0.1, -0.05) is 6.07 Å². The van der Waals surface area contributed by atoms with Crippen LogP contribution >= 0.6 is 11.3 Å². The maximum absolute atomic E-state index is 14.7. The van der Waals surface area contributed by atoms with Crippen LogP contribution in [-0.4, -0.2) is 30.5 Å². The molecule has 2 fully saturated rings. The third-order valence-electron chi connectivity index (χ3n) is 6.63. The first-order valence-corrected chi connectivity index (χ1v) is 11.8. The van der Waals surface area contributed by atoms with Crippen LogP contribution < -0.4 is 16.0 Å². The molecule has 2 bridgehead atoms. The average Bonchev–Trinajstić information content (AvgIpc) is 3.26. The van der Waals surface area contributed by atoms with Gasteiger partial charge in [-0.05, 0) is 74.3 Å². The van der Waals surface area contributed by atoms with E-state index < -0.39 is 0 Å². The normalized spacial score (nSPS) is 20.4. The Morgan fingerprint density at radius 1 is 1.26 bits per heavy atom. The number of thiophene rings is 1. The van der Waals surface area contributed by atoms with Crippen molar-refractivity contribution in [2.24, 2.45) is 11.8 Å². The van der Waals surface area contributed by atoms with Crippen LogP contribution in [0.5, 0.6) is 0 Å². The van der Waals surface area contributed by atoms with Gasteiger partial charge in [0.1, 0.15) is 15.5 Å². The molecular formula is C24H27FN4OS. The van der Waals surface area contributed by atoms with Gasteiger partial charge in [-0.25, -0.2) is 9.37 Å². The largest absolute Gasteiger partial charge is 0.397 e. The summed E-state index contributed by atoms with van der Waals surface area (Å²) in [5.41, 5.74) is 9.08. The summed E-state index contributed by atoms with van der Waals surface area (Å²) in [6, 6.07) is 9.30. The first kappa shape index (κ1) is 20.2. The molecule has 1 amide bonds. The van der Waals surface area contributed by atoms with Crippen molar-refractivity contribution in [1.82, 2.24) is 10.3 Å². The van der Waals surface area contributed by atoms with E-state index in [4.69, 9.17) is 5.73 Å². The van der Waals surface area contributed by atoms with Gasteiger partial charge in [0, 0.05) is 36.4 Å². The van der Waals surface area contributed by atoms with Crippen LogP contribution in [0.25, 0.3) is 10.2 Å².